The van der Waals surface area contributed by atoms with E-state index in [1.54, 1.807) is 19.0 Å². The summed E-state index contributed by atoms with van der Waals surface area (Å²) >= 11 is 0. The zero-order chi connectivity index (χ0) is 14.7. The van der Waals surface area contributed by atoms with Crippen molar-refractivity contribution in [3.05, 3.63) is 28.1 Å². The number of nitro groups is 1. The molecular formula is C13H20N4O3. The second-order valence-corrected chi connectivity index (χ2v) is 5.33. The van der Waals surface area contributed by atoms with Gasteiger partial charge in [-0.15, -0.1) is 0 Å². The lowest BCUT2D eigenvalue weighted by Crippen LogP contribution is -2.37. The molecule has 2 rings (SSSR count). The number of nitrogens with zero attached hydrogens (tertiary/aromatic N) is 3. The van der Waals surface area contributed by atoms with Crippen molar-refractivity contribution in [1.82, 2.24) is 14.8 Å². The molecule has 0 aliphatic carbocycles. The van der Waals surface area contributed by atoms with Gasteiger partial charge < -0.3 is 14.8 Å². The molecule has 0 unspecified atom stereocenters. The average molecular weight is 280 g/mol. The predicted octanol–water partition coefficient (Wildman–Crippen LogP) is 1.00. The molecule has 110 valence electrons. The maximum absolute atomic E-state index is 12.3. The molecule has 1 aromatic heterocycles. The molecule has 7 heteroatoms. The van der Waals surface area contributed by atoms with E-state index in [1.807, 2.05) is 0 Å². The molecule has 1 aliphatic rings. The minimum Gasteiger partial charge on any atom is -0.340 e. The first kappa shape index (κ1) is 14.5. The van der Waals surface area contributed by atoms with Crippen molar-refractivity contribution in [3.63, 3.8) is 0 Å². The molecule has 7 nitrogen and oxygen atoms in total. The van der Waals surface area contributed by atoms with Gasteiger partial charge >= 0.3 is 0 Å². The summed E-state index contributed by atoms with van der Waals surface area (Å²) in [5.41, 5.74) is 0.305. The Morgan fingerprint density at radius 2 is 2.20 bits per heavy atom. The van der Waals surface area contributed by atoms with Crippen molar-refractivity contribution in [2.45, 2.75) is 12.8 Å². The fourth-order valence-corrected chi connectivity index (χ4v) is 2.59. The summed E-state index contributed by atoms with van der Waals surface area (Å²) in [6.07, 6.45) is 3.49. The van der Waals surface area contributed by atoms with Gasteiger partial charge in [0.15, 0.2) is 0 Å². The highest BCUT2D eigenvalue weighted by Gasteiger charge is 2.23. The lowest BCUT2D eigenvalue weighted by atomic mass is 9.97. The average Bonchev–Trinajstić information content (AvgIpc) is 2.81. The van der Waals surface area contributed by atoms with Crippen molar-refractivity contribution < 1.29 is 9.72 Å². The van der Waals surface area contributed by atoms with E-state index < -0.39 is 4.92 Å². The highest BCUT2D eigenvalue weighted by Crippen LogP contribution is 2.18. The molecule has 1 N–H and O–H groups in total. The summed E-state index contributed by atoms with van der Waals surface area (Å²) in [6.45, 7) is 2.67. The molecule has 1 aromatic rings. The summed E-state index contributed by atoms with van der Waals surface area (Å²) in [6, 6.07) is 1.33. The van der Waals surface area contributed by atoms with Gasteiger partial charge in [-0.25, -0.2) is 0 Å². The Morgan fingerprint density at radius 1 is 1.55 bits per heavy atom. The van der Waals surface area contributed by atoms with Crippen LogP contribution >= 0.6 is 0 Å². The summed E-state index contributed by atoms with van der Waals surface area (Å²) in [4.78, 5) is 24.3. The van der Waals surface area contributed by atoms with E-state index in [4.69, 9.17) is 0 Å². The molecule has 20 heavy (non-hydrogen) atoms. The minimum atomic E-state index is -0.483. The number of aromatic nitrogens is 1. The number of carbonyl (C=O) groups excluding carboxylic acids is 1. The minimum absolute atomic E-state index is 0.0499. The van der Waals surface area contributed by atoms with Crippen LogP contribution in [0, 0.1) is 16.0 Å². The van der Waals surface area contributed by atoms with Gasteiger partial charge in [0.05, 0.1) is 11.1 Å². The first-order chi connectivity index (χ1) is 9.49. The molecule has 0 spiro atoms. The molecule has 1 fully saturated rings. The zero-order valence-corrected chi connectivity index (χ0v) is 11.8. The van der Waals surface area contributed by atoms with Crippen molar-refractivity contribution in [2.75, 3.05) is 26.7 Å². The van der Waals surface area contributed by atoms with Crippen molar-refractivity contribution in [3.8, 4) is 0 Å². The zero-order valence-electron chi connectivity index (χ0n) is 11.8. The number of hydrogen-bond acceptors (Lipinski definition) is 4. The highest BCUT2D eigenvalue weighted by atomic mass is 16.6. The maximum Gasteiger partial charge on any atom is 0.287 e. The first-order valence-corrected chi connectivity index (χ1v) is 6.76. The van der Waals surface area contributed by atoms with Gasteiger partial charge in [0.1, 0.15) is 5.69 Å². The van der Waals surface area contributed by atoms with Crippen LogP contribution in [0.25, 0.3) is 0 Å². The van der Waals surface area contributed by atoms with Gasteiger partial charge in [-0.3, -0.25) is 14.9 Å². The molecule has 0 bridgehead atoms. The van der Waals surface area contributed by atoms with E-state index in [0.717, 1.165) is 25.9 Å². The normalized spacial score (nSPS) is 16.1. The molecule has 0 aromatic carbocycles. The monoisotopic (exact) mass is 280 g/mol. The second kappa shape index (κ2) is 6.04. The Bertz CT molecular complexity index is 506. The van der Waals surface area contributed by atoms with E-state index in [-0.39, 0.29) is 11.6 Å². The van der Waals surface area contributed by atoms with Crippen molar-refractivity contribution in [2.24, 2.45) is 13.0 Å². The molecule has 0 radical (unpaired) electrons. The second-order valence-electron chi connectivity index (χ2n) is 5.33. The van der Waals surface area contributed by atoms with Crippen LogP contribution in [0.5, 0.6) is 0 Å². The number of hydrogen-bond donors (Lipinski definition) is 1. The smallest absolute Gasteiger partial charge is 0.287 e. The Kier molecular flexibility index (Phi) is 4.39. The van der Waals surface area contributed by atoms with Crippen LogP contribution in [0.4, 0.5) is 5.69 Å². The third kappa shape index (κ3) is 3.16. The fraction of sp³-hybridized carbons (Fsp3) is 0.615. The van der Waals surface area contributed by atoms with E-state index in [1.165, 1.54) is 16.8 Å². The Morgan fingerprint density at radius 3 is 2.75 bits per heavy atom. The topological polar surface area (TPSA) is 80.4 Å². The summed E-state index contributed by atoms with van der Waals surface area (Å²) in [5.74, 6) is 0.333. The van der Waals surface area contributed by atoms with E-state index in [0.29, 0.717) is 18.2 Å². The Labute approximate surface area is 117 Å². The lowest BCUT2D eigenvalue weighted by molar-refractivity contribution is -0.384. The predicted molar refractivity (Wildman–Crippen MR) is 74.6 cm³/mol. The van der Waals surface area contributed by atoms with Gasteiger partial charge in [-0.05, 0) is 31.8 Å². The van der Waals surface area contributed by atoms with Crippen LogP contribution in [0.2, 0.25) is 0 Å². The third-order valence-corrected chi connectivity index (χ3v) is 3.76. The maximum atomic E-state index is 12.3. The standard InChI is InChI=1S/C13H20N4O3/c1-15-9-11(17(19)20)7-12(15)13(18)16(2)8-10-3-5-14-6-4-10/h7,9-10,14H,3-6,8H2,1-2H3. The lowest BCUT2D eigenvalue weighted by Gasteiger charge is -2.27. The fourth-order valence-electron chi connectivity index (χ4n) is 2.59. The summed E-state index contributed by atoms with van der Waals surface area (Å²) in [5, 5.41) is 14.0. The van der Waals surface area contributed by atoms with Gasteiger partial charge in [-0.2, -0.15) is 0 Å². The van der Waals surface area contributed by atoms with Gasteiger partial charge in [0, 0.05) is 26.7 Å². The summed E-state index contributed by atoms with van der Waals surface area (Å²) < 4.78 is 1.51. The first-order valence-electron chi connectivity index (χ1n) is 6.76. The van der Waals surface area contributed by atoms with Crippen molar-refractivity contribution >= 4 is 11.6 Å². The summed E-state index contributed by atoms with van der Waals surface area (Å²) in [7, 11) is 3.40. The number of rotatable bonds is 4. The highest BCUT2D eigenvalue weighted by molar-refractivity contribution is 5.93. The number of nitrogens with one attached hydrogen (secondary N) is 1. The number of carbonyl (C=O) groups is 1. The molecule has 2 heterocycles. The molecule has 0 saturated carbocycles. The Balaban J connectivity index is 2.04. The van der Waals surface area contributed by atoms with E-state index in [9.17, 15) is 14.9 Å². The number of amides is 1. The quantitative estimate of drug-likeness (QED) is 0.659. The number of piperidine rings is 1. The largest absolute Gasteiger partial charge is 0.340 e. The molecule has 1 amide bonds. The third-order valence-electron chi connectivity index (χ3n) is 3.76. The Hall–Kier alpha value is -1.89. The van der Waals surface area contributed by atoms with E-state index >= 15 is 0 Å². The van der Waals surface area contributed by atoms with Gasteiger partial charge in [0.25, 0.3) is 11.6 Å². The molecule has 1 saturated heterocycles. The van der Waals surface area contributed by atoms with Crippen molar-refractivity contribution in [1.29, 1.82) is 0 Å². The van der Waals surface area contributed by atoms with Gasteiger partial charge in [0.2, 0.25) is 0 Å². The van der Waals surface area contributed by atoms with Crippen LogP contribution in [0.15, 0.2) is 12.3 Å². The van der Waals surface area contributed by atoms with Crippen LogP contribution in [-0.2, 0) is 7.05 Å². The molecule has 0 atom stereocenters. The number of aryl methyl sites for hydroxylation is 1. The van der Waals surface area contributed by atoms with Crippen LogP contribution in [0.1, 0.15) is 23.3 Å². The van der Waals surface area contributed by atoms with Gasteiger partial charge in [-0.1, -0.05) is 0 Å². The molecular weight excluding hydrogens is 260 g/mol. The molecule has 1 aliphatic heterocycles. The van der Waals surface area contributed by atoms with E-state index in [2.05, 4.69) is 5.32 Å². The van der Waals surface area contributed by atoms with Crippen LogP contribution < -0.4 is 5.32 Å². The SMILES string of the molecule is CN(CC1CCNCC1)C(=O)c1cc([N+](=O)[O-])cn1C. The van der Waals surface area contributed by atoms with Crippen LogP contribution in [-0.4, -0.2) is 47.0 Å². The van der Waals surface area contributed by atoms with Crippen LogP contribution in [0.3, 0.4) is 0 Å².